The highest BCUT2D eigenvalue weighted by Gasteiger charge is 2.20. The van der Waals surface area contributed by atoms with Crippen molar-refractivity contribution in [2.75, 3.05) is 31.5 Å². The summed E-state index contributed by atoms with van der Waals surface area (Å²) in [7, 11) is -8.37. The maximum absolute atomic E-state index is 11.8. The average Bonchev–Trinajstić information content (AvgIpc) is 0.915. The monoisotopic (exact) mass is 1540 g/mol. The van der Waals surface area contributed by atoms with E-state index in [1.54, 1.807) is 0 Å². The lowest BCUT2D eigenvalue weighted by Crippen LogP contribution is -2.32. The van der Waals surface area contributed by atoms with Crippen LogP contribution in [0.25, 0.3) is 0 Å². The van der Waals surface area contributed by atoms with Gasteiger partial charge >= 0.3 is 41.8 Å². The van der Waals surface area contributed by atoms with Gasteiger partial charge < -0.3 is 33.9 Å². The normalized spacial score (nSPS) is 11.5. The minimum absolute atomic E-state index is 0. The summed E-state index contributed by atoms with van der Waals surface area (Å²) in [6, 6.07) is 0. The van der Waals surface area contributed by atoms with Crippen molar-refractivity contribution in [2.45, 2.75) is 395 Å². The molecule has 0 aromatic heterocycles. The number of carbonyl (C=O) groups excluding carboxylic acids is 7. The minimum atomic E-state index is -3.74. The fraction of sp³-hybridized carbons (Fsp3) is 0.880. The summed E-state index contributed by atoms with van der Waals surface area (Å²) in [5, 5.41) is 21.7. The lowest BCUT2D eigenvalue weighted by atomic mass is 10.0. The van der Waals surface area contributed by atoms with Crippen LogP contribution in [-0.4, -0.2) is 137 Å². The summed E-state index contributed by atoms with van der Waals surface area (Å²) < 4.78 is 96.4. The molecule has 0 aromatic rings. The molecule has 0 atom stereocenters. The van der Waals surface area contributed by atoms with E-state index < -0.39 is 77.0 Å². The summed E-state index contributed by atoms with van der Waals surface area (Å²) in [4.78, 5) is 101. The Morgan fingerprint density at radius 2 is 0.456 bits per heavy atom. The number of nitrogens with two attached hydrogens (primary N) is 1. The summed E-state index contributed by atoms with van der Waals surface area (Å²) in [6.07, 6.45) is 42.1. The first-order valence-corrected chi connectivity index (χ1v) is 42.9. The van der Waals surface area contributed by atoms with E-state index in [4.69, 9.17) is 24.4 Å². The number of primary sulfonamides is 1. The number of methoxy groups -OCH3 is 2. The fourth-order valence-corrected chi connectivity index (χ4v) is 12.8. The third kappa shape index (κ3) is 95.0. The van der Waals surface area contributed by atoms with Gasteiger partial charge in [0, 0.05) is 57.8 Å². The van der Waals surface area contributed by atoms with Gasteiger partial charge in [0.05, 0.1) is 31.5 Å². The molecular formula is C75H145N3O22S3. The molecule has 6 N–H and O–H groups in total. The Morgan fingerprint density at radius 1 is 0.282 bits per heavy atom. The molecule has 28 heteroatoms. The van der Waals surface area contributed by atoms with Crippen LogP contribution in [0.15, 0.2) is 0 Å². The van der Waals surface area contributed by atoms with Crippen molar-refractivity contribution in [2.24, 2.45) is 5.14 Å². The molecule has 0 saturated heterocycles. The molecule has 0 fully saturated rings. The Kier molecular flexibility index (Phi) is 68.8. The summed E-state index contributed by atoms with van der Waals surface area (Å²) in [5.41, 5.74) is -1.17. The molecule has 0 heterocycles. The number of unbranched alkanes of at least 4 members (excludes halogenated alkanes) is 33. The second kappa shape index (κ2) is 66.5. The van der Waals surface area contributed by atoms with Gasteiger partial charge in [-0.3, -0.25) is 52.6 Å². The minimum Gasteiger partial charge on any atom is -0.481 e. The molecular weight excluding hydrogens is 1390 g/mol. The second-order valence-electron chi connectivity index (χ2n) is 29.3. The number of aliphatic carboxylic acids is 2. The largest absolute Gasteiger partial charge is 0.481 e. The van der Waals surface area contributed by atoms with E-state index in [-0.39, 0.29) is 99.6 Å². The van der Waals surface area contributed by atoms with Crippen molar-refractivity contribution in [1.82, 2.24) is 9.44 Å². The van der Waals surface area contributed by atoms with E-state index in [0.717, 1.165) is 109 Å². The standard InChI is InChI=1S/C25H47NO7S.C24H45NO7S.C20H38O4.C5H11NO4S.CH4/c1-25(2,3)33-24(29)19-16-14-12-10-8-6-5-7-9-11-13-15-18-22(27)26-34(30,31)21-17-20-23(28)32-4;1-24(2,3)32-23(29)19-15-13-11-9-7-5-4-6-8-10-12-14-17-21(26)25-33(30,31)20-16-18-22(27)28;1-20(2,3)24-19(23)17-15-13-11-9-7-5-4-6-8-10-12-14-16-18(21)22;1-10-5(7)3-2-4-11(6,8)9;/h5-21H2,1-4H3,(H,26,27);4-20H2,1-3H3,(H,25,26)(H,27,28);4-17H2,1-3H3,(H,21,22);2-4H2,1H3,(H2,6,8,9);1H4. The zero-order chi connectivity index (χ0) is 78.2. The smallest absolute Gasteiger partial charge is 0.306 e. The highest BCUT2D eigenvalue weighted by molar-refractivity contribution is 7.90. The lowest BCUT2D eigenvalue weighted by molar-refractivity contribution is -0.156. The van der Waals surface area contributed by atoms with E-state index in [1.165, 1.54) is 123 Å². The first-order valence-electron chi connectivity index (χ1n) is 37.9. The average molecular weight is 1540 g/mol. The molecule has 2 amide bonds. The molecule has 25 nitrogen and oxygen atoms in total. The molecule has 0 rings (SSSR count). The van der Waals surface area contributed by atoms with E-state index in [9.17, 15) is 68.4 Å². The number of hydrogen-bond donors (Lipinski definition) is 5. The van der Waals surface area contributed by atoms with Gasteiger partial charge in [-0.05, 0) is 120 Å². The van der Waals surface area contributed by atoms with Crippen LogP contribution >= 0.6 is 0 Å². The Hall–Kier alpha value is -4.96. The van der Waals surface area contributed by atoms with Gasteiger partial charge in [-0.1, -0.05) is 200 Å². The first-order chi connectivity index (χ1) is 47.6. The number of carbonyl (C=O) groups is 9. The Morgan fingerprint density at radius 3 is 0.660 bits per heavy atom. The highest BCUT2D eigenvalue weighted by Crippen LogP contribution is 2.19. The van der Waals surface area contributed by atoms with Gasteiger partial charge in [0.25, 0.3) is 0 Å². The van der Waals surface area contributed by atoms with Crippen LogP contribution in [-0.2, 0) is 96.9 Å². The van der Waals surface area contributed by atoms with Crippen LogP contribution < -0.4 is 14.6 Å². The quantitative estimate of drug-likeness (QED) is 0.0214. The van der Waals surface area contributed by atoms with Gasteiger partial charge in [-0.25, -0.2) is 30.4 Å². The van der Waals surface area contributed by atoms with Gasteiger partial charge in [0.1, 0.15) is 16.8 Å². The topological polar surface area (TPSA) is 393 Å². The number of ether oxygens (including phenoxy) is 5. The number of carboxylic acids is 2. The third-order valence-corrected chi connectivity index (χ3v) is 18.8. The highest BCUT2D eigenvalue weighted by atomic mass is 32.2. The number of hydrogen-bond acceptors (Lipinski definition) is 20. The van der Waals surface area contributed by atoms with Crippen molar-refractivity contribution in [3.63, 3.8) is 0 Å². The number of amides is 2. The van der Waals surface area contributed by atoms with E-state index in [2.05, 4.69) is 19.3 Å². The van der Waals surface area contributed by atoms with Gasteiger partial charge in [0.2, 0.25) is 41.9 Å². The number of sulfonamides is 3. The number of esters is 5. The molecule has 0 spiro atoms. The molecule has 0 bridgehead atoms. The van der Waals surface area contributed by atoms with Crippen molar-refractivity contribution in [1.29, 1.82) is 0 Å². The van der Waals surface area contributed by atoms with E-state index in [0.29, 0.717) is 38.5 Å². The molecule has 103 heavy (non-hydrogen) atoms. The van der Waals surface area contributed by atoms with Crippen LogP contribution in [0.3, 0.4) is 0 Å². The van der Waals surface area contributed by atoms with Crippen LogP contribution in [0, 0.1) is 0 Å². The summed E-state index contributed by atoms with van der Waals surface area (Å²) >= 11 is 0. The maximum Gasteiger partial charge on any atom is 0.306 e. The molecule has 0 unspecified atom stereocenters. The Balaban J connectivity index is -0.000000436. The first kappa shape index (κ1) is 107. The van der Waals surface area contributed by atoms with Crippen LogP contribution in [0.2, 0.25) is 0 Å². The van der Waals surface area contributed by atoms with Gasteiger partial charge in [-0.2, -0.15) is 0 Å². The molecule has 0 aliphatic carbocycles. The molecule has 0 aromatic carbocycles. The fourth-order valence-electron chi connectivity index (χ4n) is 10.1. The van der Waals surface area contributed by atoms with E-state index >= 15 is 0 Å². The zero-order valence-electron chi connectivity index (χ0n) is 64.9. The summed E-state index contributed by atoms with van der Waals surface area (Å²) in [6.45, 7) is 17.0. The molecule has 0 saturated carbocycles. The third-order valence-electron chi connectivity index (χ3n) is 15.3. The van der Waals surface area contributed by atoms with Crippen molar-refractivity contribution in [3.05, 3.63) is 0 Å². The molecule has 0 radical (unpaired) electrons. The van der Waals surface area contributed by atoms with Crippen molar-refractivity contribution >= 4 is 83.7 Å². The van der Waals surface area contributed by atoms with Crippen LogP contribution in [0.4, 0.5) is 0 Å². The number of carboxylic acid groups (broad SMARTS) is 2. The lowest BCUT2D eigenvalue weighted by Gasteiger charge is -2.19. The second-order valence-corrected chi connectivity index (χ2v) is 34.7. The predicted octanol–water partition coefficient (Wildman–Crippen LogP) is 16.0. The molecule has 0 aliphatic heterocycles. The zero-order valence-corrected chi connectivity index (χ0v) is 67.4. The van der Waals surface area contributed by atoms with Gasteiger partial charge in [-0.15, -0.1) is 0 Å². The number of rotatable bonds is 59. The van der Waals surface area contributed by atoms with Crippen molar-refractivity contribution < 1.29 is 102 Å². The Bertz CT molecular complexity index is 2580. The van der Waals surface area contributed by atoms with E-state index in [1.807, 2.05) is 67.0 Å². The van der Waals surface area contributed by atoms with Gasteiger partial charge in [0.15, 0.2) is 0 Å². The number of nitrogens with one attached hydrogen (secondary N) is 2. The molecule has 0 aliphatic rings. The van der Waals surface area contributed by atoms with Crippen molar-refractivity contribution in [3.8, 4) is 0 Å². The maximum atomic E-state index is 11.8. The predicted molar refractivity (Wildman–Crippen MR) is 407 cm³/mol. The summed E-state index contributed by atoms with van der Waals surface area (Å²) in [5.74, 6) is -4.70. The molecule has 610 valence electrons. The van der Waals surface area contributed by atoms with Crippen LogP contribution in [0.5, 0.6) is 0 Å². The van der Waals surface area contributed by atoms with Crippen LogP contribution in [0.1, 0.15) is 378 Å². The Labute approximate surface area is 623 Å². The SMILES string of the molecule is C.CC(C)(C)OC(=O)CCCCCCCCCCCCCCC(=O)NS(=O)(=O)CCCC(=O)O.CC(C)(C)OC(=O)CCCCCCCCCCCCCCC(=O)O.COC(=O)CCCS(=O)(=O)NC(=O)CCCCCCCCCCCCCCC(=O)OC(C)(C)C.COC(=O)CCCS(N)(=O)=O.